The lowest BCUT2D eigenvalue weighted by atomic mass is 10.00. The van der Waals surface area contributed by atoms with Gasteiger partial charge >= 0.3 is 0 Å². The number of aryl methyl sites for hydroxylation is 1. The van der Waals surface area contributed by atoms with Gasteiger partial charge in [-0.2, -0.15) is 0 Å². The van der Waals surface area contributed by atoms with Gasteiger partial charge in [-0.15, -0.1) is 0 Å². The number of aromatic nitrogens is 1. The van der Waals surface area contributed by atoms with E-state index < -0.39 is 5.82 Å². The van der Waals surface area contributed by atoms with Gasteiger partial charge in [0, 0.05) is 43.8 Å². The first-order chi connectivity index (χ1) is 14.6. The molecule has 0 bridgehead atoms. The number of halogens is 1. The Labute approximate surface area is 177 Å². The standard InChI is InChI=1S/C25H26FN3O/c1-19-6-8-21(9-7-19)29(25(30)23-4-2-3-5-24(23)26)22-12-16-28(17-13-22)18-20-10-14-27-15-11-20/h2-11,14-15,22H,12-13,16-18H2,1H3. The fourth-order valence-corrected chi connectivity index (χ4v) is 4.05. The Morgan fingerprint density at radius 1 is 1.03 bits per heavy atom. The zero-order valence-corrected chi connectivity index (χ0v) is 17.2. The van der Waals surface area contributed by atoms with E-state index in [0.29, 0.717) is 0 Å². The van der Waals surface area contributed by atoms with E-state index in [0.717, 1.165) is 43.7 Å². The fourth-order valence-electron chi connectivity index (χ4n) is 4.05. The molecule has 0 atom stereocenters. The lowest BCUT2D eigenvalue weighted by molar-refractivity contribution is 0.0954. The summed E-state index contributed by atoms with van der Waals surface area (Å²) in [5.74, 6) is -0.751. The fraction of sp³-hybridized carbons (Fsp3) is 0.280. The molecule has 4 rings (SSSR count). The molecule has 5 heteroatoms. The Morgan fingerprint density at radius 3 is 2.37 bits per heavy atom. The van der Waals surface area contributed by atoms with Gasteiger partial charge in [-0.3, -0.25) is 14.7 Å². The number of rotatable bonds is 5. The summed E-state index contributed by atoms with van der Waals surface area (Å²) < 4.78 is 14.4. The third-order valence-electron chi connectivity index (χ3n) is 5.71. The second kappa shape index (κ2) is 9.18. The van der Waals surface area contributed by atoms with E-state index in [9.17, 15) is 9.18 Å². The molecule has 1 aliphatic heterocycles. The summed E-state index contributed by atoms with van der Waals surface area (Å²) in [5, 5.41) is 0. The molecule has 1 aromatic heterocycles. The van der Waals surface area contributed by atoms with Crippen LogP contribution < -0.4 is 4.90 Å². The predicted octanol–water partition coefficient (Wildman–Crippen LogP) is 4.84. The van der Waals surface area contributed by atoms with Gasteiger partial charge in [0.2, 0.25) is 0 Å². The van der Waals surface area contributed by atoms with Crippen molar-refractivity contribution in [3.63, 3.8) is 0 Å². The summed E-state index contributed by atoms with van der Waals surface area (Å²) in [4.78, 5) is 21.7. The molecule has 1 aliphatic rings. The van der Waals surface area contributed by atoms with Gasteiger partial charge in [-0.05, 0) is 61.7 Å². The number of anilines is 1. The Morgan fingerprint density at radius 2 is 1.70 bits per heavy atom. The number of carbonyl (C=O) groups is 1. The monoisotopic (exact) mass is 403 g/mol. The van der Waals surface area contributed by atoms with Crippen molar-refractivity contribution in [2.24, 2.45) is 0 Å². The number of hydrogen-bond acceptors (Lipinski definition) is 3. The predicted molar refractivity (Wildman–Crippen MR) is 117 cm³/mol. The quantitative estimate of drug-likeness (QED) is 0.612. The Balaban J connectivity index is 1.54. The lowest BCUT2D eigenvalue weighted by Crippen LogP contribution is -2.47. The third kappa shape index (κ3) is 4.57. The molecule has 0 N–H and O–H groups in total. The molecule has 0 saturated carbocycles. The molecular formula is C25H26FN3O. The second-order valence-electron chi connectivity index (χ2n) is 7.85. The Kier molecular flexibility index (Phi) is 6.19. The first-order valence-electron chi connectivity index (χ1n) is 10.4. The number of nitrogens with zero attached hydrogens (tertiary/aromatic N) is 3. The largest absolute Gasteiger partial charge is 0.305 e. The van der Waals surface area contributed by atoms with Gasteiger partial charge in [-0.25, -0.2) is 4.39 Å². The minimum atomic E-state index is -0.477. The van der Waals surface area contributed by atoms with E-state index in [1.165, 1.54) is 11.6 Å². The lowest BCUT2D eigenvalue weighted by Gasteiger charge is -2.38. The summed E-state index contributed by atoms with van der Waals surface area (Å²) in [6.07, 6.45) is 5.32. The van der Waals surface area contributed by atoms with Crippen molar-refractivity contribution in [1.29, 1.82) is 0 Å². The van der Waals surface area contributed by atoms with Crippen LogP contribution in [0.5, 0.6) is 0 Å². The van der Waals surface area contributed by atoms with Crippen molar-refractivity contribution < 1.29 is 9.18 Å². The van der Waals surface area contributed by atoms with Gasteiger partial charge in [0.25, 0.3) is 5.91 Å². The summed E-state index contributed by atoms with van der Waals surface area (Å²) in [7, 11) is 0. The van der Waals surface area contributed by atoms with Crippen LogP contribution in [-0.2, 0) is 6.54 Å². The van der Waals surface area contributed by atoms with Crippen LogP contribution in [0.1, 0.15) is 34.3 Å². The van der Waals surface area contributed by atoms with Gasteiger partial charge < -0.3 is 4.90 Å². The molecule has 2 heterocycles. The average Bonchev–Trinajstić information content (AvgIpc) is 2.77. The molecule has 0 spiro atoms. The molecule has 3 aromatic rings. The second-order valence-corrected chi connectivity index (χ2v) is 7.85. The van der Waals surface area contributed by atoms with Crippen LogP contribution in [0, 0.1) is 12.7 Å². The summed E-state index contributed by atoms with van der Waals surface area (Å²) in [6, 6.07) is 18.2. The molecule has 0 radical (unpaired) electrons. The summed E-state index contributed by atoms with van der Waals surface area (Å²) in [6.45, 7) is 4.67. The van der Waals surface area contributed by atoms with Crippen LogP contribution in [0.25, 0.3) is 0 Å². The third-order valence-corrected chi connectivity index (χ3v) is 5.71. The number of carbonyl (C=O) groups excluding carboxylic acids is 1. The zero-order valence-electron chi connectivity index (χ0n) is 17.2. The minimum Gasteiger partial charge on any atom is -0.305 e. The van der Waals surface area contributed by atoms with Crippen LogP contribution in [-0.4, -0.2) is 34.9 Å². The maximum Gasteiger partial charge on any atom is 0.261 e. The van der Waals surface area contributed by atoms with E-state index in [1.807, 2.05) is 55.7 Å². The van der Waals surface area contributed by atoms with Crippen molar-refractivity contribution in [1.82, 2.24) is 9.88 Å². The highest BCUT2D eigenvalue weighted by Gasteiger charge is 2.31. The summed E-state index contributed by atoms with van der Waals surface area (Å²) in [5.41, 5.74) is 3.31. The highest BCUT2D eigenvalue weighted by molar-refractivity contribution is 6.06. The van der Waals surface area contributed by atoms with Crippen LogP contribution in [0.4, 0.5) is 10.1 Å². The molecule has 0 unspecified atom stereocenters. The number of pyridine rings is 1. The minimum absolute atomic E-state index is 0.0357. The Hall–Kier alpha value is -3.05. The van der Waals surface area contributed by atoms with Crippen LogP contribution >= 0.6 is 0 Å². The molecule has 2 aromatic carbocycles. The molecule has 4 nitrogen and oxygen atoms in total. The van der Waals surface area contributed by atoms with Gasteiger partial charge in [0.1, 0.15) is 5.82 Å². The van der Waals surface area contributed by atoms with Gasteiger partial charge in [-0.1, -0.05) is 29.8 Å². The van der Waals surface area contributed by atoms with Crippen molar-refractivity contribution >= 4 is 11.6 Å². The van der Waals surface area contributed by atoms with Crippen LogP contribution in [0.3, 0.4) is 0 Å². The number of benzene rings is 2. The molecule has 154 valence electrons. The Bertz CT molecular complexity index is 983. The van der Waals surface area contributed by atoms with E-state index in [2.05, 4.69) is 9.88 Å². The topological polar surface area (TPSA) is 36.4 Å². The van der Waals surface area contributed by atoms with Crippen LogP contribution in [0.15, 0.2) is 73.1 Å². The molecule has 30 heavy (non-hydrogen) atoms. The van der Waals surface area contributed by atoms with E-state index in [-0.39, 0.29) is 17.5 Å². The molecular weight excluding hydrogens is 377 g/mol. The van der Waals surface area contributed by atoms with Crippen molar-refractivity contribution in [2.75, 3.05) is 18.0 Å². The highest BCUT2D eigenvalue weighted by atomic mass is 19.1. The highest BCUT2D eigenvalue weighted by Crippen LogP contribution is 2.27. The summed E-state index contributed by atoms with van der Waals surface area (Å²) >= 11 is 0. The maximum atomic E-state index is 14.4. The number of amides is 1. The SMILES string of the molecule is Cc1ccc(N(C(=O)c2ccccc2F)C2CCN(Cc3ccncc3)CC2)cc1. The van der Waals surface area contributed by atoms with Gasteiger partial charge in [0.15, 0.2) is 0 Å². The zero-order chi connectivity index (χ0) is 20.9. The first kappa shape index (κ1) is 20.2. The van der Waals surface area contributed by atoms with E-state index >= 15 is 0 Å². The smallest absolute Gasteiger partial charge is 0.261 e. The van der Waals surface area contributed by atoms with Crippen molar-refractivity contribution in [3.05, 3.63) is 95.6 Å². The molecule has 1 fully saturated rings. The number of piperidine rings is 1. The molecule has 1 amide bonds. The van der Waals surface area contributed by atoms with E-state index in [1.54, 1.807) is 23.1 Å². The molecule has 0 aliphatic carbocycles. The first-order valence-corrected chi connectivity index (χ1v) is 10.4. The number of likely N-dealkylation sites (tertiary alicyclic amines) is 1. The van der Waals surface area contributed by atoms with Crippen molar-refractivity contribution in [3.8, 4) is 0 Å². The van der Waals surface area contributed by atoms with Gasteiger partial charge in [0.05, 0.1) is 5.56 Å². The molecule has 1 saturated heterocycles. The average molecular weight is 404 g/mol. The van der Waals surface area contributed by atoms with E-state index in [4.69, 9.17) is 0 Å². The van der Waals surface area contributed by atoms with Crippen molar-refractivity contribution in [2.45, 2.75) is 32.4 Å². The maximum absolute atomic E-state index is 14.4. The normalized spacial score (nSPS) is 15.1. The number of hydrogen-bond donors (Lipinski definition) is 0. The van der Waals surface area contributed by atoms with Crippen LogP contribution in [0.2, 0.25) is 0 Å².